The minimum Gasteiger partial charge on any atom is -0.381 e. The first-order chi connectivity index (χ1) is 10.6. The Bertz CT molecular complexity index is 793. The van der Waals surface area contributed by atoms with Crippen LogP contribution in [0.5, 0.6) is 0 Å². The SMILES string of the molecule is O=C(NS(=O)(=O)C[C@H]1CCOC1)c1nccc2ccccc12. The van der Waals surface area contributed by atoms with Crippen LogP contribution in [0.4, 0.5) is 0 Å². The average Bonchev–Trinajstić information content (AvgIpc) is 2.98. The van der Waals surface area contributed by atoms with E-state index in [1.165, 1.54) is 6.20 Å². The molecule has 2 aromatic rings. The van der Waals surface area contributed by atoms with Crippen LogP contribution in [0.3, 0.4) is 0 Å². The minimum absolute atomic E-state index is 0.0641. The van der Waals surface area contributed by atoms with Crippen LogP contribution in [-0.4, -0.2) is 38.3 Å². The molecule has 2 heterocycles. The van der Waals surface area contributed by atoms with Crippen molar-refractivity contribution < 1.29 is 17.9 Å². The van der Waals surface area contributed by atoms with E-state index in [0.29, 0.717) is 25.0 Å². The van der Waals surface area contributed by atoms with Crippen molar-refractivity contribution in [2.24, 2.45) is 5.92 Å². The van der Waals surface area contributed by atoms with Crippen molar-refractivity contribution in [1.82, 2.24) is 9.71 Å². The van der Waals surface area contributed by atoms with Crippen molar-refractivity contribution in [1.29, 1.82) is 0 Å². The van der Waals surface area contributed by atoms with Crippen LogP contribution in [0.25, 0.3) is 10.8 Å². The number of sulfonamides is 1. The van der Waals surface area contributed by atoms with Gasteiger partial charge in [0.1, 0.15) is 5.69 Å². The van der Waals surface area contributed by atoms with Crippen LogP contribution in [0.2, 0.25) is 0 Å². The van der Waals surface area contributed by atoms with Gasteiger partial charge in [0.15, 0.2) is 0 Å². The number of nitrogens with zero attached hydrogens (tertiary/aromatic N) is 1. The first-order valence-electron chi connectivity index (χ1n) is 7.01. The molecular formula is C15H16N2O4S. The molecule has 1 amide bonds. The zero-order valence-corrected chi connectivity index (χ0v) is 12.7. The molecule has 1 saturated heterocycles. The van der Waals surface area contributed by atoms with Crippen LogP contribution in [0, 0.1) is 5.92 Å². The molecule has 6 nitrogen and oxygen atoms in total. The van der Waals surface area contributed by atoms with Gasteiger partial charge in [0.2, 0.25) is 10.0 Å². The summed E-state index contributed by atoms with van der Waals surface area (Å²) in [7, 11) is -3.70. The van der Waals surface area contributed by atoms with E-state index < -0.39 is 15.9 Å². The van der Waals surface area contributed by atoms with Gasteiger partial charge in [0.05, 0.1) is 12.4 Å². The molecule has 1 fully saturated rings. The maximum atomic E-state index is 12.3. The minimum atomic E-state index is -3.70. The molecule has 1 aliphatic rings. The number of pyridine rings is 1. The topological polar surface area (TPSA) is 85.4 Å². The predicted octanol–water partition coefficient (Wildman–Crippen LogP) is 1.33. The molecule has 0 radical (unpaired) electrons. The zero-order chi connectivity index (χ0) is 15.6. The fourth-order valence-corrected chi connectivity index (χ4v) is 3.90. The molecule has 1 N–H and O–H groups in total. The van der Waals surface area contributed by atoms with Crippen LogP contribution in [0.1, 0.15) is 16.9 Å². The summed E-state index contributed by atoms with van der Waals surface area (Å²) in [5, 5.41) is 1.46. The predicted molar refractivity (Wildman–Crippen MR) is 81.9 cm³/mol. The Balaban J connectivity index is 1.81. The van der Waals surface area contributed by atoms with Gasteiger partial charge in [-0.15, -0.1) is 0 Å². The number of benzene rings is 1. The number of amides is 1. The summed E-state index contributed by atoms with van der Waals surface area (Å²) in [5.74, 6) is -0.870. The molecule has 0 spiro atoms. The highest BCUT2D eigenvalue weighted by molar-refractivity contribution is 7.90. The molecule has 0 unspecified atom stereocenters. The molecule has 1 aliphatic heterocycles. The molecule has 0 bridgehead atoms. The molecule has 116 valence electrons. The Hall–Kier alpha value is -1.99. The lowest BCUT2D eigenvalue weighted by molar-refractivity contribution is 0.0978. The van der Waals surface area contributed by atoms with E-state index in [1.807, 2.05) is 12.1 Å². The smallest absolute Gasteiger partial charge is 0.283 e. The van der Waals surface area contributed by atoms with E-state index in [-0.39, 0.29) is 17.4 Å². The third-order valence-corrected chi connectivity index (χ3v) is 5.02. The average molecular weight is 320 g/mol. The zero-order valence-electron chi connectivity index (χ0n) is 11.9. The number of aromatic nitrogens is 1. The highest BCUT2D eigenvalue weighted by Crippen LogP contribution is 2.17. The maximum absolute atomic E-state index is 12.3. The molecule has 3 rings (SSSR count). The normalized spacial score (nSPS) is 18.5. The number of ether oxygens (including phenoxy) is 1. The maximum Gasteiger partial charge on any atom is 0.283 e. The molecule has 7 heteroatoms. The van der Waals surface area contributed by atoms with Crippen LogP contribution in [-0.2, 0) is 14.8 Å². The first kappa shape index (κ1) is 14.9. The monoisotopic (exact) mass is 320 g/mol. The largest absolute Gasteiger partial charge is 0.381 e. The van der Waals surface area contributed by atoms with Gasteiger partial charge in [-0.05, 0) is 17.9 Å². The highest BCUT2D eigenvalue weighted by Gasteiger charge is 2.25. The van der Waals surface area contributed by atoms with E-state index >= 15 is 0 Å². The summed E-state index contributed by atoms with van der Waals surface area (Å²) in [6.45, 7) is 0.987. The lowest BCUT2D eigenvalue weighted by atomic mass is 10.1. The Morgan fingerprint density at radius 2 is 2.14 bits per heavy atom. The van der Waals surface area contributed by atoms with Crippen LogP contribution < -0.4 is 4.72 Å². The lowest BCUT2D eigenvalue weighted by Gasteiger charge is -2.10. The van der Waals surface area contributed by atoms with Gasteiger partial charge >= 0.3 is 0 Å². The number of rotatable bonds is 4. The fourth-order valence-electron chi connectivity index (χ4n) is 2.56. The van der Waals surface area contributed by atoms with Crippen molar-refractivity contribution >= 4 is 26.7 Å². The molecule has 22 heavy (non-hydrogen) atoms. The van der Waals surface area contributed by atoms with E-state index in [4.69, 9.17) is 4.74 Å². The first-order valence-corrected chi connectivity index (χ1v) is 8.67. The van der Waals surface area contributed by atoms with Gasteiger partial charge in [-0.2, -0.15) is 0 Å². The van der Waals surface area contributed by atoms with E-state index in [9.17, 15) is 13.2 Å². The second-order valence-electron chi connectivity index (χ2n) is 5.32. The van der Waals surface area contributed by atoms with Crippen molar-refractivity contribution in [3.63, 3.8) is 0 Å². The number of carbonyl (C=O) groups is 1. The summed E-state index contributed by atoms with van der Waals surface area (Å²) >= 11 is 0. The Kier molecular flexibility index (Phi) is 4.08. The van der Waals surface area contributed by atoms with E-state index in [0.717, 1.165) is 5.39 Å². The summed E-state index contributed by atoms with van der Waals surface area (Å²) in [6, 6.07) is 9.00. The third-order valence-electron chi connectivity index (χ3n) is 3.62. The molecule has 0 aliphatic carbocycles. The van der Waals surface area contributed by atoms with E-state index in [1.54, 1.807) is 18.2 Å². The molecule has 1 atom stereocenters. The second kappa shape index (κ2) is 6.02. The highest BCUT2D eigenvalue weighted by atomic mass is 32.2. The Morgan fingerprint density at radius 1 is 1.32 bits per heavy atom. The second-order valence-corrected chi connectivity index (χ2v) is 7.09. The summed E-state index contributed by atoms with van der Waals surface area (Å²) < 4.78 is 31.4. The fraction of sp³-hybridized carbons (Fsp3) is 0.333. The van der Waals surface area contributed by atoms with Crippen LogP contribution >= 0.6 is 0 Å². The van der Waals surface area contributed by atoms with Gasteiger partial charge < -0.3 is 4.74 Å². The van der Waals surface area contributed by atoms with Crippen LogP contribution in [0.15, 0.2) is 36.5 Å². The quantitative estimate of drug-likeness (QED) is 0.918. The van der Waals surface area contributed by atoms with Crippen molar-refractivity contribution in [2.75, 3.05) is 19.0 Å². The van der Waals surface area contributed by atoms with Gasteiger partial charge in [-0.1, -0.05) is 24.3 Å². The molecule has 0 saturated carbocycles. The summed E-state index contributed by atoms with van der Waals surface area (Å²) in [6.07, 6.45) is 2.19. The number of nitrogens with one attached hydrogen (secondary N) is 1. The number of fused-ring (bicyclic) bond motifs is 1. The van der Waals surface area contributed by atoms with Crippen molar-refractivity contribution in [3.05, 3.63) is 42.2 Å². The Labute approximate surface area is 128 Å². The van der Waals surface area contributed by atoms with Gasteiger partial charge in [0, 0.05) is 24.1 Å². The molecule has 1 aromatic heterocycles. The van der Waals surface area contributed by atoms with Crippen molar-refractivity contribution in [3.8, 4) is 0 Å². The van der Waals surface area contributed by atoms with Gasteiger partial charge in [-0.25, -0.2) is 13.1 Å². The van der Waals surface area contributed by atoms with Gasteiger partial charge in [-0.3, -0.25) is 9.78 Å². The number of carbonyl (C=O) groups excluding carboxylic acids is 1. The molecule has 1 aromatic carbocycles. The Morgan fingerprint density at radius 3 is 2.91 bits per heavy atom. The number of hydrogen-bond acceptors (Lipinski definition) is 5. The van der Waals surface area contributed by atoms with E-state index in [2.05, 4.69) is 9.71 Å². The van der Waals surface area contributed by atoms with Crippen molar-refractivity contribution in [2.45, 2.75) is 6.42 Å². The molecular weight excluding hydrogens is 304 g/mol. The number of hydrogen-bond donors (Lipinski definition) is 1. The standard InChI is InChI=1S/C15H16N2O4S/c18-15(17-22(19,20)10-11-6-8-21-9-11)14-13-4-2-1-3-12(13)5-7-16-14/h1-5,7,11H,6,8-10H2,(H,17,18)/t11-/m0/s1. The summed E-state index contributed by atoms with van der Waals surface area (Å²) in [5.41, 5.74) is 0.115. The lowest BCUT2D eigenvalue weighted by Crippen LogP contribution is -2.35. The summed E-state index contributed by atoms with van der Waals surface area (Å²) in [4.78, 5) is 16.3. The third kappa shape index (κ3) is 3.26. The van der Waals surface area contributed by atoms with Gasteiger partial charge in [0.25, 0.3) is 5.91 Å².